The molecule has 0 unspecified atom stereocenters. The molecule has 0 saturated heterocycles. The van der Waals surface area contributed by atoms with Gasteiger partial charge < -0.3 is 5.73 Å². The second-order valence-corrected chi connectivity index (χ2v) is 5.15. The molecule has 0 saturated carbocycles. The minimum atomic E-state index is -0.490. The summed E-state index contributed by atoms with van der Waals surface area (Å²) < 4.78 is 14.6. The van der Waals surface area contributed by atoms with Crippen molar-refractivity contribution in [3.05, 3.63) is 40.9 Å². The first-order chi connectivity index (χ1) is 9.88. The fourth-order valence-electron chi connectivity index (χ4n) is 1.73. The largest absolute Gasteiger partial charge is 0.368 e. The van der Waals surface area contributed by atoms with E-state index in [1.807, 2.05) is 0 Å². The van der Waals surface area contributed by atoms with Gasteiger partial charge in [0, 0.05) is 6.54 Å². The fraction of sp³-hybridized carbons (Fsp3) is 0.308. The Morgan fingerprint density at radius 3 is 2.90 bits per heavy atom. The number of carbonyl (C=O) groups excluding carboxylic acids is 1. The maximum Gasteiger partial charge on any atom is 0.234 e. The molecule has 0 aliphatic carbocycles. The summed E-state index contributed by atoms with van der Waals surface area (Å²) in [5, 5.41) is 7.98. The van der Waals surface area contributed by atoms with Gasteiger partial charge in [-0.05, 0) is 32.2 Å². The Balaban J connectivity index is 2.14. The predicted molar refractivity (Wildman–Crippen MR) is 76.5 cm³/mol. The molecule has 2 aromatic rings. The van der Waals surface area contributed by atoms with E-state index in [9.17, 15) is 9.18 Å². The molecular weight excluding hydrogens is 297 g/mol. The van der Waals surface area contributed by atoms with Gasteiger partial charge in [0.1, 0.15) is 5.82 Å². The Labute approximate surface area is 126 Å². The summed E-state index contributed by atoms with van der Waals surface area (Å²) in [7, 11) is 1.77. The highest BCUT2D eigenvalue weighted by Gasteiger charge is 2.16. The quantitative estimate of drug-likeness (QED) is 0.904. The molecular formula is C13H15ClFN5O. The molecule has 0 radical (unpaired) electrons. The summed E-state index contributed by atoms with van der Waals surface area (Å²) in [5.41, 5.74) is 6.51. The van der Waals surface area contributed by atoms with Gasteiger partial charge in [-0.3, -0.25) is 9.69 Å². The van der Waals surface area contributed by atoms with E-state index < -0.39 is 17.8 Å². The summed E-state index contributed by atoms with van der Waals surface area (Å²) in [4.78, 5) is 12.9. The van der Waals surface area contributed by atoms with Crippen LogP contribution < -0.4 is 5.73 Å². The number of nitrogens with zero attached hydrogens (tertiary/aromatic N) is 4. The molecule has 0 spiro atoms. The summed E-state index contributed by atoms with van der Waals surface area (Å²) in [6, 6.07) is 3.87. The molecule has 8 heteroatoms. The van der Waals surface area contributed by atoms with Crippen LogP contribution in [0.4, 0.5) is 4.39 Å². The highest BCUT2D eigenvalue weighted by Crippen LogP contribution is 2.18. The minimum absolute atomic E-state index is 0.0176. The van der Waals surface area contributed by atoms with E-state index >= 15 is 0 Å². The molecule has 1 heterocycles. The third-order valence-corrected chi connectivity index (χ3v) is 3.48. The molecule has 0 aliphatic heterocycles. The van der Waals surface area contributed by atoms with E-state index in [1.165, 1.54) is 16.8 Å². The van der Waals surface area contributed by atoms with Crippen molar-refractivity contribution in [1.82, 2.24) is 19.9 Å². The Kier molecular flexibility index (Phi) is 4.54. The second kappa shape index (κ2) is 6.19. The van der Waals surface area contributed by atoms with Gasteiger partial charge in [0.15, 0.2) is 0 Å². The third-order valence-electron chi connectivity index (χ3n) is 3.19. The Hall–Kier alpha value is -1.99. The highest BCUT2D eigenvalue weighted by molar-refractivity contribution is 6.30. The average molecular weight is 312 g/mol. The summed E-state index contributed by atoms with van der Waals surface area (Å²) in [6.45, 7) is 2.13. The molecule has 2 rings (SSSR count). The van der Waals surface area contributed by atoms with Crippen LogP contribution in [0.25, 0.3) is 5.69 Å². The smallest absolute Gasteiger partial charge is 0.234 e. The SMILES string of the molecule is C[C@H](C(N)=O)N(C)Cc1cn(-c2ccc(F)c(Cl)c2)nn1. The van der Waals surface area contributed by atoms with E-state index in [1.54, 1.807) is 31.1 Å². The first-order valence-electron chi connectivity index (χ1n) is 6.24. The van der Waals surface area contributed by atoms with Crippen molar-refractivity contribution in [2.45, 2.75) is 19.5 Å². The zero-order chi connectivity index (χ0) is 15.6. The number of hydrogen-bond donors (Lipinski definition) is 1. The average Bonchev–Trinajstić information content (AvgIpc) is 2.89. The Morgan fingerprint density at radius 2 is 2.29 bits per heavy atom. The molecule has 1 aromatic heterocycles. The molecule has 2 N–H and O–H groups in total. The van der Waals surface area contributed by atoms with E-state index in [4.69, 9.17) is 17.3 Å². The lowest BCUT2D eigenvalue weighted by molar-refractivity contribution is -0.122. The maximum absolute atomic E-state index is 13.1. The van der Waals surface area contributed by atoms with Crippen molar-refractivity contribution in [3.8, 4) is 5.69 Å². The van der Waals surface area contributed by atoms with Crippen LogP contribution in [0.15, 0.2) is 24.4 Å². The standard InChI is InChI=1S/C13H15ClFN5O/c1-8(13(16)21)19(2)6-9-7-20(18-17-9)10-3-4-12(15)11(14)5-10/h3-5,7-8H,6H2,1-2H3,(H2,16,21)/t8-/m1/s1. The van der Waals surface area contributed by atoms with Crippen molar-refractivity contribution in [2.75, 3.05) is 7.05 Å². The van der Waals surface area contributed by atoms with Crippen molar-refractivity contribution < 1.29 is 9.18 Å². The first kappa shape index (κ1) is 15.4. The topological polar surface area (TPSA) is 77.0 Å². The second-order valence-electron chi connectivity index (χ2n) is 4.75. The molecule has 1 amide bonds. The van der Waals surface area contributed by atoms with Gasteiger partial charge in [0.05, 0.1) is 28.6 Å². The van der Waals surface area contributed by atoms with Gasteiger partial charge in [-0.2, -0.15) is 0 Å². The number of carbonyl (C=O) groups is 1. The van der Waals surface area contributed by atoms with Crippen LogP contribution in [0.1, 0.15) is 12.6 Å². The van der Waals surface area contributed by atoms with Gasteiger partial charge in [0.2, 0.25) is 5.91 Å². The number of likely N-dealkylation sites (N-methyl/N-ethyl adjacent to an activating group) is 1. The lowest BCUT2D eigenvalue weighted by Crippen LogP contribution is -2.39. The van der Waals surface area contributed by atoms with Crippen molar-refractivity contribution in [2.24, 2.45) is 5.73 Å². The van der Waals surface area contributed by atoms with Crippen LogP contribution in [0, 0.1) is 5.82 Å². The number of benzene rings is 1. The van der Waals surface area contributed by atoms with Crippen molar-refractivity contribution in [3.63, 3.8) is 0 Å². The molecule has 21 heavy (non-hydrogen) atoms. The van der Waals surface area contributed by atoms with Gasteiger partial charge in [-0.15, -0.1) is 5.10 Å². The van der Waals surface area contributed by atoms with E-state index in [-0.39, 0.29) is 5.02 Å². The van der Waals surface area contributed by atoms with Crippen LogP contribution in [0.3, 0.4) is 0 Å². The molecule has 0 bridgehead atoms. The number of primary amides is 1. The zero-order valence-electron chi connectivity index (χ0n) is 11.6. The van der Waals surface area contributed by atoms with E-state index in [2.05, 4.69) is 10.3 Å². The lowest BCUT2D eigenvalue weighted by Gasteiger charge is -2.20. The van der Waals surface area contributed by atoms with Crippen LogP contribution in [-0.4, -0.2) is 38.9 Å². The van der Waals surface area contributed by atoms with Crippen LogP contribution in [0.2, 0.25) is 5.02 Å². The molecule has 0 aliphatic rings. The third kappa shape index (κ3) is 3.56. The van der Waals surface area contributed by atoms with Crippen LogP contribution >= 0.6 is 11.6 Å². The number of hydrogen-bond acceptors (Lipinski definition) is 4. The molecule has 1 atom stereocenters. The maximum atomic E-state index is 13.1. The fourth-order valence-corrected chi connectivity index (χ4v) is 1.91. The molecule has 6 nitrogen and oxygen atoms in total. The number of halogens is 2. The first-order valence-corrected chi connectivity index (χ1v) is 6.62. The zero-order valence-corrected chi connectivity index (χ0v) is 12.4. The van der Waals surface area contributed by atoms with Gasteiger partial charge in [-0.25, -0.2) is 9.07 Å². The van der Waals surface area contributed by atoms with Gasteiger partial charge >= 0.3 is 0 Å². The highest BCUT2D eigenvalue weighted by atomic mass is 35.5. The Bertz CT molecular complexity index is 660. The molecule has 112 valence electrons. The van der Waals surface area contributed by atoms with Crippen LogP contribution in [0.5, 0.6) is 0 Å². The lowest BCUT2D eigenvalue weighted by atomic mass is 10.2. The number of aromatic nitrogens is 3. The number of amides is 1. The molecule has 1 aromatic carbocycles. The number of rotatable bonds is 5. The summed E-state index contributed by atoms with van der Waals surface area (Å²) in [5.74, 6) is -0.897. The minimum Gasteiger partial charge on any atom is -0.368 e. The van der Waals surface area contributed by atoms with E-state index in [0.717, 1.165) is 0 Å². The van der Waals surface area contributed by atoms with Gasteiger partial charge in [0.25, 0.3) is 0 Å². The molecule has 0 fully saturated rings. The van der Waals surface area contributed by atoms with Crippen molar-refractivity contribution >= 4 is 17.5 Å². The monoisotopic (exact) mass is 311 g/mol. The predicted octanol–water partition coefficient (Wildman–Crippen LogP) is 1.37. The van der Waals surface area contributed by atoms with E-state index in [0.29, 0.717) is 17.9 Å². The van der Waals surface area contributed by atoms with Gasteiger partial charge in [-0.1, -0.05) is 16.8 Å². The normalized spacial score (nSPS) is 12.6. The summed E-state index contributed by atoms with van der Waals surface area (Å²) in [6.07, 6.45) is 1.69. The van der Waals surface area contributed by atoms with Crippen LogP contribution in [-0.2, 0) is 11.3 Å². The Morgan fingerprint density at radius 1 is 1.57 bits per heavy atom. The summed E-state index contributed by atoms with van der Waals surface area (Å²) >= 11 is 5.74. The number of nitrogens with two attached hydrogens (primary N) is 1. The van der Waals surface area contributed by atoms with Crippen molar-refractivity contribution in [1.29, 1.82) is 0 Å².